The normalized spacial score (nSPS) is 10.8. The van der Waals surface area contributed by atoms with Crippen molar-refractivity contribution >= 4 is 29.3 Å². The zero-order valence-corrected chi connectivity index (χ0v) is 11.9. The van der Waals surface area contributed by atoms with Crippen LogP contribution in [0.2, 0.25) is 0 Å². The van der Waals surface area contributed by atoms with E-state index in [4.69, 9.17) is 0 Å². The van der Waals surface area contributed by atoms with Crippen molar-refractivity contribution < 1.29 is 4.79 Å². The molecule has 0 fully saturated rings. The van der Waals surface area contributed by atoms with Gasteiger partial charge in [-0.25, -0.2) is 0 Å². The van der Waals surface area contributed by atoms with Crippen LogP contribution in [0, 0.1) is 0 Å². The second kappa shape index (κ2) is 5.55. The maximum Gasteiger partial charge on any atom is 0.146 e. The number of ketones is 1. The van der Waals surface area contributed by atoms with Gasteiger partial charge < -0.3 is 4.98 Å². The van der Waals surface area contributed by atoms with E-state index in [2.05, 4.69) is 35.8 Å². The van der Waals surface area contributed by atoms with E-state index in [1.165, 1.54) is 5.39 Å². The van der Waals surface area contributed by atoms with Gasteiger partial charge in [0.2, 0.25) is 0 Å². The van der Waals surface area contributed by atoms with Gasteiger partial charge in [-0.15, -0.1) is 0 Å². The van der Waals surface area contributed by atoms with E-state index in [1.807, 2.05) is 36.4 Å². The van der Waals surface area contributed by atoms with Gasteiger partial charge in [0.15, 0.2) is 0 Å². The first-order valence-electron chi connectivity index (χ1n) is 6.56. The molecule has 0 bridgehead atoms. The smallest absolute Gasteiger partial charge is 0.146 e. The molecule has 20 heavy (non-hydrogen) atoms. The first kappa shape index (κ1) is 13.0. The Kier molecular flexibility index (Phi) is 3.61. The molecule has 0 radical (unpaired) electrons. The first-order chi connectivity index (χ1) is 9.78. The van der Waals surface area contributed by atoms with Crippen molar-refractivity contribution in [2.75, 3.05) is 5.75 Å². The quantitative estimate of drug-likeness (QED) is 0.699. The third-order valence-corrected chi connectivity index (χ3v) is 3.75. The van der Waals surface area contributed by atoms with Crippen molar-refractivity contribution in [2.45, 2.75) is 6.42 Å². The highest BCUT2D eigenvalue weighted by molar-refractivity contribution is 7.81. The number of thiol groups is 1. The fourth-order valence-electron chi connectivity index (χ4n) is 2.42. The molecule has 0 atom stereocenters. The van der Waals surface area contributed by atoms with Crippen molar-refractivity contribution in [3.8, 4) is 11.3 Å². The Hall–Kier alpha value is -2.00. The van der Waals surface area contributed by atoms with Crippen LogP contribution in [0.1, 0.15) is 5.56 Å². The van der Waals surface area contributed by atoms with Crippen LogP contribution in [0.5, 0.6) is 0 Å². The molecule has 0 amide bonds. The summed E-state index contributed by atoms with van der Waals surface area (Å²) < 4.78 is 0. The molecule has 3 rings (SSSR count). The Morgan fingerprint density at radius 3 is 2.60 bits per heavy atom. The molecule has 0 unspecified atom stereocenters. The summed E-state index contributed by atoms with van der Waals surface area (Å²) in [6.07, 6.45) is 0.426. The summed E-state index contributed by atoms with van der Waals surface area (Å²) in [4.78, 5) is 15.1. The molecule has 0 aliphatic rings. The van der Waals surface area contributed by atoms with Crippen LogP contribution in [0.3, 0.4) is 0 Å². The largest absolute Gasteiger partial charge is 0.355 e. The highest BCUT2D eigenvalue weighted by Crippen LogP contribution is 2.27. The lowest BCUT2D eigenvalue weighted by Gasteiger charge is -2.06. The molecule has 2 nitrogen and oxygen atoms in total. The molecule has 1 aromatic heterocycles. The number of H-pyrrole nitrogens is 1. The number of aromatic amines is 1. The summed E-state index contributed by atoms with van der Waals surface area (Å²) in [6, 6.07) is 18.3. The predicted octanol–water partition coefficient (Wildman–Crippen LogP) is 3.88. The van der Waals surface area contributed by atoms with Crippen molar-refractivity contribution in [3.05, 3.63) is 60.2 Å². The van der Waals surface area contributed by atoms with E-state index >= 15 is 0 Å². The zero-order chi connectivity index (χ0) is 13.9. The molecule has 0 aliphatic carbocycles. The van der Waals surface area contributed by atoms with Gasteiger partial charge in [-0.1, -0.05) is 42.5 Å². The van der Waals surface area contributed by atoms with Crippen LogP contribution in [-0.2, 0) is 11.2 Å². The van der Waals surface area contributed by atoms with Crippen molar-refractivity contribution in [1.82, 2.24) is 4.98 Å². The van der Waals surface area contributed by atoms with Crippen LogP contribution in [0.4, 0.5) is 0 Å². The molecule has 100 valence electrons. The van der Waals surface area contributed by atoms with Gasteiger partial charge in [0, 0.05) is 34.3 Å². The van der Waals surface area contributed by atoms with Gasteiger partial charge in [-0.2, -0.15) is 12.6 Å². The molecule has 2 aromatic carbocycles. The molecule has 1 heterocycles. The van der Waals surface area contributed by atoms with Crippen LogP contribution in [0.25, 0.3) is 22.2 Å². The van der Waals surface area contributed by atoms with Gasteiger partial charge in [0.05, 0.1) is 0 Å². The second-order valence-corrected chi connectivity index (χ2v) is 5.12. The Morgan fingerprint density at radius 2 is 1.80 bits per heavy atom. The van der Waals surface area contributed by atoms with Gasteiger partial charge in [-0.05, 0) is 17.7 Å². The lowest BCUT2D eigenvalue weighted by Crippen LogP contribution is -2.05. The van der Waals surface area contributed by atoms with E-state index in [0.717, 1.165) is 22.3 Å². The van der Waals surface area contributed by atoms with E-state index in [9.17, 15) is 4.79 Å². The number of hydrogen-bond donors (Lipinski definition) is 2. The Morgan fingerprint density at radius 1 is 1.05 bits per heavy atom. The average molecular weight is 281 g/mol. The monoisotopic (exact) mass is 281 g/mol. The third-order valence-electron chi connectivity index (χ3n) is 3.40. The highest BCUT2D eigenvalue weighted by atomic mass is 32.1. The summed E-state index contributed by atoms with van der Waals surface area (Å²) in [6.45, 7) is 0. The number of carbonyl (C=O) groups excluding carboxylic acids is 1. The summed E-state index contributed by atoms with van der Waals surface area (Å²) in [5, 5.41) is 1.18. The van der Waals surface area contributed by atoms with Gasteiger partial charge in [0.25, 0.3) is 0 Å². The van der Waals surface area contributed by atoms with E-state index < -0.39 is 0 Å². The minimum Gasteiger partial charge on any atom is -0.355 e. The molecular weight excluding hydrogens is 266 g/mol. The average Bonchev–Trinajstić information content (AvgIpc) is 2.91. The minimum absolute atomic E-state index is 0.136. The maximum atomic E-state index is 11.7. The minimum atomic E-state index is 0.136. The molecule has 0 spiro atoms. The molecule has 3 aromatic rings. The second-order valence-electron chi connectivity index (χ2n) is 4.80. The summed E-state index contributed by atoms with van der Waals surface area (Å²) in [7, 11) is 0. The van der Waals surface area contributed by atoms with Crippen LogP contribution >= 0.6 is 12.6 Å². The predicted molar refractivity (Wildman–Crippen MR) is 86.3 cm³/mol. The Balaban J connectivity index is 2.07. The lowest BCUT2D eigenvalue weighted by molar-refractivity contribution is -0.115. The molecule has 0 saturated carbocycles. The first-order valence-corrected chi connectivity index (χ1v) is 7.20. The number of nitrogens with one attached hydrogen (secondary N) is 1. The SMILES string of the molecule is O=C(CS)Cc1ccccc1-c1cc2ccccc2[nH]1. The molecule has 0 aliphatic heterocycles. The number of Topliss-reactive ketones (excluding diaryl/α,β-unsaturated/α-hetero) is 1. The summed E-state index contributed by atoms with van der Waals surface area (Å²) in [5.74, 6) is 0.415. The maximum absolute atomic E-state index is 11.7. The van der Waals surface area contributed by atoms with E-state index in [0.29, 0.717) is 6.42 Å². The third kappa shape index (κ3) is 2.49. The Labute approximate surface area is 123 Å². The highest BCUT2D eigenvalue weighted by Gasteiger charge is 2.10. The van der Waals surface area contributed by atoms with Gasteiger partial charge in [-0.3, -0.25) is 4.79 Å². The Bertz CT molecular complexity index is 727. The lowest BCUT2D eigenvalue weighted by atomic mass is 10.0. The van der Waals surface area contributed by atoms with E-state index in [-0.39, 0.29) is 11.5 Å². The standard InChI is InChI=1S/C17H15NOS/c19-14(11-20)9-12-5-1-3-7-15(12)17-10-13-6-2-4-8-16(13)18-17/h1-8,10,18,20H,9,11H2. The molecule has 1 N–H and O–H groups in total. The van der Waals surface area contributed by atoms with Crippen molar-refractivity contribution in [3.63, 3.8) is 0 Å². The fourth-order valence-corrected chi connectivity index (χ4v) is 2.54. The number of carbonyl (C=O) groups is 1. The number of fused-ring (bicyclic) bond motifs is 1. The van der Waals surface area contributed by atoms with Gasteiger partial charge >= 0.3 is 0 Å². The summed E-state index contributed by atoms with van der Waals surface area (Å²) in [5.41, 5.74) is 4.28. The summed E-state index contributed by atoms with van der Waals surface area (Å²) >= 11 is 4.05. The number of benzene rings is 2. The van der Waals surface area contributed by atoms with Crippen molar-refractivity contribution in [2.24, 2.45) is 0 Å². The van der Waals surface area contributed by atoms with E-state index in [1.54, 1.807) is 0 Å². The van der Waals surface area contributed by atoms with Gasteiger partial charge in [0.1, 0.15) is 5.78 Å². The molecular formula is C17H15NOS. The number of para-hydroxylation sites is 1. The fraction of sp³-hybridized carbons (Fsp3) is 0.118. The van der Waals surface area contributed by atoms with Crippen LogP contribution < -0.4 is 0 Å². The van der Waals surface area contributed by atoms with Crippen LogP contribution in [-0.4, -0.2) is 16.5 Å². The van der Waals surface area contributed by atoms with Crippen molar-refractivity contribution in [1.29, 1.82) is 0 Å². The topological polar surface area (TPSA) is 32.9 Å². The number of rotatable bonds is 4. The number of aromatic nitrogens is 1. The van der Waals surface area contributed by atoms with Crippen LogP contribution in [0.15, 0.2) is 54.6 Å². The molecule has 0 saturated heterocycles. The zero-order valence-electron chi connectivity index (χ0n) is 11.0. The number of hydrogen-bond acceptors (Lipinski definition) is 2. The molecule has 3 heteroatoms.